The maximum atomic E-state index is 13.1. The maximum Gasteiger partial charge on any atom is 0.124 e. The molecule has 19 heavy (non-hydrogen) atoms. The van der Waals surface area contributed by atoms with E-state index in [0.29, 0.717) is 5.75 Å². The average molecular weight is 369 g/mol. The third kappa shape index (κ3) is 2.54. The van der Waals surface area contributed by atoms with Gasteiger partial charge in [-0.25, -0.2) is 4.39 Å². The Hall–Kier alpha value is -1.30. The van der Waals surface area contributed by atoms with Crippen LogP contribution in [-0.4, -0.2) is 5.11 Å². The predicted octanol–water partition coefficient (Wildman–Crippen LogP) is 4.24. The van der Waals surface area contributed by atoms with Crippen molar-refractivity contribution in [2.24, 2.45) is 0 Å². The van der Waals surface area contributed by atoms with Crippen molar-refractivity contribution in [2.75, 3.05) is 5.32 Å². The van der Waals surface area contributed by atoms with Crippen LogP contribution in [0.1, 0.15) is 23.6 Å². The number of aryl methyl sites for hydroxylation is 1. The average Bonchev–Trinajstić information content (AvgIpc) is 2.75. The highest BCUT2D eigenvalue weighted by Crippen LogP contribution is 2.36. The van der Waals surface area contributed by atoms with Gasteiger partial charge in [0.15, 0.2) is 0 Å². The minimum atomic E-state index is -0.216. The van der Waals surface area contributed by atoms with E-state index in [-0.39, 0.29) is 11.9 Å². The van der Waals surface area contributed by atoms with Gasteiger partial charge in [0, 0.05) is 9.26 Å². The molecule has 0 spiro atoms. The summed E-state index contributed by atoms with van der Waals surface area (Å²) in [4.78, 5) is 0. The van der Waals surface area contributed by atoms with Gasteiger partial charge in [0.05, 0.1) is 6.04 Å². The first-order valence-corrected chi connectivity index (χ1v) is 7.25. The van der Waals surface area contributed by atoms with Gasteiger partial charge < -0.3 is 10.4 Å². The molecule has 1 atom stereocenters. The Bertz CT molecular complexity index is 630. The van der Waals surface area contributed by atoms with Crippen LogP contribution in [0.5, 0.6) is 5.75 Å². The molecule has 0 heterocycles. The van der Waals surface area contributed by atoms with E-state index >= 15 is 0 Å². The van der Waals surface area contributed by atoms with Crippen LogP contribution in [0, 0.1) is 9.39 Å². The smallest absolute Gasteiger partial charge is 0.124 e. The molecule has 0 amide bonds. The number of halogens is 2. The van der Waals surface area contributed by atoms with Crippen molar-refractivity contribution in [3.05, 3.63) is 56.9 Å². The maximum absolute atomic E-state index is 13.1. The highest BCUT2D eigenvalue weighted by Gasteiger charge is 2.23. The van der Waals surface area contributed by atoms with Gasteiger partial charge in [0.2, 0.25) is 0 Å². The minimum absolute atomic E-state index is 0.216. The van der Waals surface area contributed by atoms with Gasteiger partial charge in [-0.3, -0.25) is 0 Å². The molecule has 2 nitrogen and oxygen atoms in total. The van der Waals surface area contributed by atoms with Crippen molar-refractivity contribution in [1.82, 2.24) is 0 Å². The normalized spacial score (nSPS) is 17.3. The van der Waals surface area contributed by atoms with Crippen molar-refractivity contribution < 1.29 is 9.50 Å². The quantitative estimate of drug-likeness (QED) is 0.777. The molecule has 0 bridgehead atoms. The van der Waals surface area contributed by atoms with Crippen LogP contribution in [0.4, 0.5) is 10.1 Å². The third-order valence-electron chi connectivity index (χ3n) is 3.47. The monoisotopic (exact) mass is 369 g/mol. The molecule has 3 rings (SSSR count). The second-order valence-corrected chi connectivity index (χ2v) is 5.91. The summed E-state index contributed by atoms with van der Waals surface area (Å²) in [5.41, 5.74) is 3.36. The number of hydrogen-bond donors (Lipinski definition) is 2. The summed E-state index contributed by atoms with van der Waals surface area (Å²) in [6.45, 7) is 0. The Kier molecular flexibility index (Phi) is 3.35. The second kappa shape index (κ2) is 5.00. The van der Waals surface area contributed by atoms with Crippen LogP contribution in [-0.2, 0) is 6.42 Å². The van der Waals surface area contributed by atoms with Gasteiger partial charge in [0.25, 0.3) is 0 Å². The van der Waals surface area contributed by atoms with E-state index in [4.69, 9.17) is 0 Å². The number of fused-ring (bicyclic) bond motifs is 1. The zero-order chi connectivity index (χ0) is 13.4. The second-order valence-electron chi connectivity index (χ2n) is 4.74. The molecule has 2 aromatic rings. The molecular formula is C15H13FINO. The van der Waals surface area contributed by atoms with Crippen LogP contribution in [0.15, 0.2) is 36.4 Å². The lowest BCUT2D eigenvalue weighted by Gasteiger charge is -2.17. The number of hydrogen-bond acceptors (Lipinski definition) is 2. The standard InChI is InChI=1S/C15H13FINO/c16-10-2-6-15(13(17)8-10)18-14-5-1-9-7-11(19)3-4-12(9)14/h2-4,6-8,14,18-19H,1,5H2. The molecule has 0 aliphatic heterocycles. The van der Waals surface area contributed by atoms with E-state index < -0.39 is 0 Å². The first kappa shape index (κ1) is 12.7. The van der Waals surface area contributed by atoms with Crippen LogP contribution < -0.4 is 5.32 Å². The minimum Gasteiger partial charge on any atom is -0.508 e. The lowest BCUT2D eigenvalue weighted by Crippen LogP contribution is -2.08. The summed E-state index contributed by atoms with van der Waals surface area (Å²) in [5.74, 6) is 0.0995. The number of phenols is 1. The van der Waals surface area contributed by atoms with Crippen LogP contribution in [0.2, 0.25) is 0 Å². The van der Waals surface area contributed by atoms with Gasteiger partial charge >= 0.3 is 0 Å². The van der Waals surface area contributed by atoms with Crippen molar-refractivity contribution in [3.63, 3.8) is 0 Å². The molecular weight excluding hydrogens is 356 g/mol. The van der Waals surface area contributed by atoms with Crippen molar-refractivity contribution in [2.45, 2.75) is 18.9 Å². The van der Waals surface area contributed by atoms with E-state index in [1.54, 1.807) is 12.1 Å². The molecule has 1 aliphatic rings. The fourth-order valence-corrected chi connectivity index (χ4v) is 3.18. The summed E-state index contributed by atoms with van der Waals surface area (Å²) in [6, 6.07) is 10.5. The molecule has 1 unspecified atom stereocenters. The molecule has 2 N–H and O–H groups in total. The van der Waals surface area contributed by atoms with Crippen molar-refractivity contribution >= 4 is 28.3 Å². The lowest BCUT2D eigenvalue weighted by molar-refractivity contribution is 0.474. The molecule has 98 valence electrons. The van der Waals surface area contributed by atoms with Gasteiger partial charge in [-0.2, -0.15) is 0 Å². The Morgan fingerprint density at radius 2 is 2.05 bits per heavy atom. The van der Waals surface area contributed by atoms with Gasteiger partial charge in [-0.05, 0) is 76.9 Å². The molecule has 4 heteroatoms. The predicted molar refractivity (Wildman–Crippen MR) is 81.9 cm³/mol. The fraction of sp³-hybridized carbons (Fsp3) is 0.200. The number of anilines is 1. The Balaban J connectivity index is 1.86. The summed E-state index contributed by atoms with van der Waals surface area (Å²) >= 11 is 2.13. The summed E-state index contributed by atoms with van der Waals surface area (Å²) < 4.78 is 14.0. The van der Waals surface area contributed by atoms with Crippen molar-refractivity contribution in [3.8, 4) is 5.75 Å². The third-order valence-corrected chi connectivity index (χ3v) is 4.36. The lowest BCUT2D eigenvalue weighted by atomic mass is 10.1. The van der Waals surface area contributed by atoms with E-state index in [2.05, 4.69) is 27.9 Å². The van der Waals surface area contributed by atoms with Crippen LogP contribution in [0.25, 0.3) is 0 Å². The Labute approximate surface area is 124 Å². The number of aromatic hydroxyl groups is 1. The topological polar surface area (TPSA) is 32.3 Å². The van der Waals surface area contributed by atoms with Gasteiger partial charge in [0.1, 0.15) is 11.6 Å². The molecule has 0 radical (unpaired) electrons. The summed E-state index contributed by atoms with van der Waals surface area (Å²) in [6.07, 6.45) is 1.95. The number of phenolic OH excluding ortho intramolecular Hbond substituents is 1. The zero-order valence-corrected chi connectivity index (χ0v) is 12.3. The van der Waals surface area contributed by atoms with E-state index in [0.717, 1.165) is 22.1 Å². The number of rotatable bonds is 2. The molecule has 0 aromatic heterocycles. The fourth-order valence-electron chi connectivity index (χ4n) is 2.55. The first-order valence-electron chi connectivity index (χ1n) is 6.17. The summed E-state index contributed by atoms with van der Waals surface area (Å²) in [5, 5.41) is 12.9. The number of nitrogens with one attached hydrogen (secondary N) is 1. The molecule has 1 aliphatic carbocycles. The van der Waals surface area contributed by atoms with E-state index in [1.165, 1.54) is 23.3 Å². The zero-order valence-electron chi connectivity index (χ0n) is 10.2. The van der Waals surface area contributed by atoms with E-state index in [1.807, 2.05) is 12.1 Å². The molecule has 0 saturated heterocycles. The molecule has 0 fully saturated rings. The first-order chi connectivity index (χ1) is 9.13. The van der Waals surface area contributed by atoms with Gasteiger partial charge in [-0.1, -0.05) is 6.07 Å². The van der Waals surface area contributed by atoms with Gasteiger partial charge in [-0.15, -0.1) is 0 Å². The van der Waals surface area contributed by atoms with Crippen molar-refractivity contribution in [1.29, 1.82) is 0 Å². The van der Waals surface area contributed by atoms with Crippen LogP contribution in [0.3, 0.4) is 0 Å². The molecule has 2 aromatic carbocycles. The largest absolute Gasteiger partial charge is 0.508 e. The Morgan fingerprint density at radius 3 is 2.84 bits per heavy atom. The highest BCUT2D eigenvalue weighted by molar-refractivity contribution is 14.1. The number of benzene rings is 2. The summed E-state index contributed by atoms with van der Waals surface area (Å²) in [7, 11) is 0. The SMILES string of the molecule is Oc1ccc2c(c1)CCC2Nc1ccc(F)cc1I. The molecule has 0 saturated carbocycles. The van der Waals surface area contributed by atoms with E-state index in [9.17, 15) is 9.50 Å². The van der Waals surface area contributed by atoms with Crippen LogP contribution >= 0.6 is 22.6 Å². The highest BCUT2D eigenvalue weighted by atomic mass is 127. The Morgan fingerprint density at radius 1 is 1.21 bits per heavy atom.